The first kappa shape index (κ1) is 15.7. The summed E-state index contributed by atoms with van der Waals surface area (Å²) in [6, 6.07) is 8.43. The van der Waals surface area contributed by atoms with Gasteiger partial charge in [0.2, 0.25) is 0 Å². The topological polar surface area (TPSA) is 20.3 Å². The van der Waals surface area contributed by atoms with Crippen LogP contribution >= 0.6 is 15.9 Å². The van der Waals surface area contributed by atoms with Gasteiger partial charge in [0.05, 0.1) is 0 Å². The molecule has 0 atom stereocenters. The van der Waals surface area contributed by atoms with Crippen LogP contribution in [0.2, 0.25) is 0 Å². The normalized spacial score (nSPS) is 18.8. The summed E-state index contributed by atoms with van der Waals surface area (Å²) >= 11 is 3.46. The van der Waals surface area contributed by atoms with Gasteiger partial charge in [-0.3, -0.25) is 0 Å². The Balaban J connectivity index is 1.96. The van der Waals surface area contributed by atoms with Crippen molar-refractivity contribution in [1.29, 1.82) is 0 Å². The van der Waals surface area contributed by atoms with Crippen LogP contribution in [0.1, 0.15) is 44.1 Å². The lowest BCUT2D eigenvalue weighted by molar-refractivity contribution is -0.118. The number of hydrogen-bond acceptors (Lipinski definition) is 2. The molecule has 1 aliphatic carbocycles. The fourth-order valence-electron chi connectivity index (χ4n) is 3.24. The second-order valence-corrected chi connectivity index (χ2v) is 7.11. The van der Waals surface area contributed by atoms with Gasteiger partial charge in [0.1, 0.15) is 6.29 Å². The largest absolute Gasteiger partial charge is 0.303 e. The number of halogens is 1. The fourth-order valence-corrected chi connectivity index (χ4v) is 3.51. The lowest BCUT2D eigenvalue weighted by atomic mass is 9.81. The Morgan fingerprint density at radius 3 is 2.30 bits per heavy atom. The average Bonchev–Trinajstić information content (AvgIpc) is 2.67. The molecule has 0 saturated heterocycles. The highest BCUT2D eigenvalue weighted by Crippen LogP contribution is 2.34. The minimum Gasteiger partial charge on any atom is -0.303 e. The Morgan fingerprint density at radius 2 is 1.75 bits per heavy atom. The van der Waals surface area contributed by atoms with Crippen molar-refractivity contribution in [2.24, 2.45) is 5.41 Å². The SMILES string of the molecule is CN(Cc1ccc(Br)cc1)CC1(C=O)CCCCCC1. The van der Waals surface area contributed by atoms with E-state index in [-0.39, 0.29) is 5.41 Å². The molecule has 0 unspecified atom stereocenters. The molecule has 1 fully saturated rings. The zero-order valence-electron chi connectivity index (χ0n) is 12.3. The van der Waals surface area contributed by atoms with Crippen molar-refractivity contribution in [3.63, 3.8) is 0 Å². The number of carbonyl (C=O) groups is 1. The van der Waals surface area contributed by atoms with E-state index in [1.54, 1.807) is 0 Å². The second kappa shape index (κ2) is 7.37. The van der Waals surface area contributed by atoms with Crippen molar-refractivity contribution in [2.45, 2.75) is 45.1 Å². The molecule has 1 aromatic rings. The van der Waals surface area contributed by atoms with E-state index in [0.29, 0.717) is 0 Å². The maximum absolute atomic E-state index is 11.6. The van der Waals surface area contributed by atoms with Gasteiger partial charge < -0.3 is 9.69 Å². The first-order valence-corrected chi connectivity index (χ1v) is 8.32. The summed E-state index contributed by atoms with van der Waals surface area (Å²) in [5.74, 6) is 0. The molecule has 0 radical (unpaired) electrons. The Kier molecular flexibility index (Phi) is 5.79. The molecule has 2 rings (SSSR count). The minimum absolute atomic E-state index is 0.111. The van der Waals surface area contributed by atoms with Crippen molar-refractivity contribution in [3.05, 3.63) is 34.3 Å². The maximum Gasteiger partial charge on any atom is 0.127 e. The van der Waals surface area contributed by atoms with E-state index in [1.165, 1.54) is 37.5 Å². The Hall–Kier alpha value is -0.670. The highest BCUT2D eigenvalue weighted by Gasteiger charge is 2.31. The summed E-state index contributed by atoms with van der Waals surface area (Å²) in [7, 11) is 2.12. The smallest absolute Gasteiger partial charge is 0.127 e. The van der Waals surface area contributed by atoms with Crippen molar-refractivity contribution in [3.8, 4) is 0 Å². The van der Waals surface area contributed by atoms with Gasteiger partial charge in [-0.2, -0.15) is 0 Å². The molecular formula is C17H24BrNO. The molecule has 1 aromatic carbocycles. The second-order valence-electron chi connectivity index (χ2n) is 6.19. The van der Waals surface area contributed by atoms with E-state index in [4.69, 9.17) is 0 Å². The summed E-state index contributed by atoms with van der Waals surface area (Å²) in [5.41, 5.74) is 1.19. The van der Waals surface area contributed by atoms with Gasteiger partial charge in [-0.05, 0) is 37.6 Å². The number of benzene rings is 1. The first-order chi connectivity index (χ1) is 9.63. The lowest BCUT2D eigenvalue weighted by Crippen LogP contribution is -2.36. The van der Waals surface area contributed by atoms with Crippen LogP contribution in [-0.4, -0.2) is 24.8 Å². The third kappa shape index (κ3) is 4.42. The highest BCUT2D eigenvalue weighted by atomic mass is 79.9. The van der Waals surface area contributed by atoms with Gasteiger partial charge in [-0.25, -0.2) is 0 Å². The number of carbonyl (C=O) groups excluding carboxylic acids is 1. The van der Waals surface area contributed by atoms with E-state index in [1.807, 2.05) is 0 Å². The monoisotopic (exact) mass is 337 g/mol. The summed E-state index contributed by atoms with van der Waals surface area (Å²) < 4.78 is 1.11. The summed E-state index contributed by atoms with van der Waals surface area (Å²) in [6.07, 6.45) is 8.31. The Bertz CT molecular complexity index is 421. The van der Waals surface area contributed by atoms with E-state index >= 15 is 0 Å². The zero-order chi connectivity index (χ0) is 14.4. The predicted octanol–water partition coefficient (Wildman–Crippen LogP) is 4.42. The molecule has 0 heterocycles. The fraction of sp³-hybridized carbons (Fsp3) is 0.588. The Labute approximate surface area is 130 Å². The van der Waals surface area contributed by atoms with Crippen molar-refractivity contribution in [2.75, 3.05) is 13.6 Å². The molecule has 1 saturated carbocycles. The molecular weight excluding hydrogens is 314 g/mol. The van der Waals surface area contributed by atoms with Crippen LogP contribution < -0.4 is 0 Å². The van der Waals surface area contributed by atoms with Crippen LogP contribution in [0.4, 0.5) is 0 Å². The van der Waals surface area contributed by atoms with Gasteiger partial charge in [0.25, 0.3) is 0 Å². The van der Waals surface area contributed by atoms with Crippen molar-refractivity contribution in [1.82, 2.24) is 4.90 Å². The Morgan fingerprint density at radius 1 is 1.15 bits per heavy atom. The standard InChI is InChI=1S/C17H24BrNO/c1-19(12-15-6-8-16(18)9-7-15)13-17(14-20)10-4-2-3-5-11-17/h6-9,14H,2-5,10-13H2,1H3. The molecule has 0 aromatic heterocycles. The van der Waals surface area contributed by atoms with Crippen LogP contribution in [0.25, 0.3) is 0 Å². The van der Waals surface area contributed by atoms with Crippen molar-refractivity contribution < 1.29 is 4.79 Å². The average molecular weight is 338 g/mol. The van der Waals surface area contributed by atoms with Crippen molar-refractivity contribution >= 4 is 22.2 Å². The van der Waals surface area contributed by atoms with Crippen LogP contribution in [0.15, 0.2) is 28.7 Å². The predicted molar refractivity (Wildman–Crippen MR) is 86.7 cm³/mol. The molecule has 0 spiro atoms. The quantitative estimate of drug-likeness (QED) is 0.585. The van der Waals surface area contributed by atoms with Gasteiger partial charge in [-0.1, -0.05) is 53.7 Å². The maximum atomic E-state index is 11.6. The van der Waals surface area contributed by atoms with Crippen LogP contribution in [-0.2, 0) is 11.3 Å². The molecule has 0 aliphatic heterocycles. The zero-order valence-corrected chi connectivity index (χ0v) is 13.9. The molecule has 110 valence electrons. The molecule has 1 aliphatic rings. The third-order valence-corrected chi connectivity index (χ3v) is 4.83. The van der Waals surface area contributed by atoms with Gasteiger partial charge in [0.15, 0.2) is 0 Å². The molecule has 3 heteroatoms. The molecule has 20 heavy (non-hydrogen) atoms. The molecule has 0 N–H and O–H groups in total. The highest BCUT2D eigenvalue weighted by molar-refractivity contribution is 9.10. The molecule has 2 nitrogen and oxygen atoms in total. The van der Waals surface area contributed by atoms with E-state index in [9.17, 15) is 4.79 Å². The number of nitrogens with zero attached hydrogens (tertiary/aromatic N) is 1. The van der Waals surface area contributed by atoms with Crippen LogP contribution in [0.3, 0.4) is 0 Å². The van der Waals surface area contributed by atoms with E-state index < -0.39 is 0 Å². The van der Waals surface area contributed by atoms with E-state index in [0.717, 1.165) is 30.4 Å². The van der Waals surface area contributed by atoms with Crippen LogP contribution in [0.5, 0.6) is 0 Å². The first-order valence-electron chi connectivity index (χ1n) is 7.53. The third-order valence-electron chi connectivity index (χ3n) is 4.30. The lowest BCUT2D eigenvalue weighted by Gasteiger charge is -2.31. The molecule has 0 bridgehead atoms. The van der Waals surface area contributed by atoms with Gasteiger partial charge in [0, 0.05) is 23.0 Å². The number of rotatable bonds is 5. The molecule has 0 amide bonds. The minimum atomic E-state index is -0.111. The summed E-state index contributed by atoms with van der Waals surface area (Å²) in [5, 5.41) is 0. The summed E-state index contributed by atoms with van der Waals surface area (Å²) in [4.78, 5) is 13.9. The van der Waals surface area contributed by atoms with Crippen LogP contribution in [0, 0.1) is 5.41 Å². The van der Waals surface area contributed by atoms with Gasteiger partial charge >= 0.3 is 0 Å². The van der Waals surface area contributed by atoms with E-state index in [2.05, 4.69) is 52.1 Å². The summed E-state index contributed by atoms with van der Waals surface area (Å²) in [6.45, 7) is 1.79. The number of aldehydes is 1. The number of hydrogen-bond donors (Lipinski definition) is 0. The van der Waals surface area contributed by atoms with Gasteiger partial charge in [-0.15, -0.1) is 0 Å².